The van der Waals surface area contributed by atoms with Gasteiger partial charge in [-0.1, -0.05) is 30.1 Å². The molecule has 0 spiro atoms. The molecule has 0 atom stereocenters. The largest absolute Gasteiger partial charge is 0.372 e. The Bertz CT molecular complexity index is 470. The lowest BCUT2D eigenvalue weighted by molar-refractivity contribution is 0.150. The molecule has 1 aliphatic heterocycles. The lowest BCUT2D eigenvalue weighted by Crippen LogP contribution is -2.40. The van der Waals surface area contributed by atoms with Crippen molar-refractivity contribution in [3.63, 3.8) is 0 Å². The van der Waals surface area contributed by atoms with Crippen LogP contribution in [0.2, 0.25) is 10.0 Å². The zero-order valence-corrected chi connectivity index (χ0v) is 13.8. The molecule has 6 heteroatoms. The Morgan fingerprint density at radius 3 is 2.45 bits per heavy atom. The van der Waals surface area contributed by atoms with E-state index in [4.69, 9.17) is 23.2 Å². The van der Waals surface area contributed by atoms with E-state index in [1.807, 2.05) is 0 Å². The highest BCUT2D eigenvalue weighted by Gasteiger charge is 2.28. The van der Waals surface area contributed by atoms with Crippen molar-refractivity contribution in [3.8, 4) is 0 Å². The Hall–Kier alpha value is -0.710. The van der Waals surface area contributed by atoms with Crippen LogP contribution in [0.3, 0.4) is 0 Å². The first-order valence-electron chi connectivity index (χ1n) is 6.90. The van der Waals surface area contributed by atoms with E-state index in [1.54, 1.807) is 13.1 Å². The summed E-state index contributed by atoms with van der Waals surface area (Å²) in [5, 5.41) is 7.44. The molecule has 2 rings (SSSR count). The average molecular weight is 317 g/mol. The van der Waals surface area contributed by atoms with Crippen molar-refractivity contribution in [2.45, 2.75) is 19.8 Å². The fourth-order valence-electron chi connectivity index (χ4n) is 2.40. The number of likely N-dealkylation sites (tertiary alicyclic amines) is 1. The molecule has 1 fully saturated rings. The summed E-state index contributed by atoms with van der Waals surface area (Å²) in [6.07, 6.45) is 2.36. The van der Waals surface area contributed by atoms with Crippen LogP contribution < -0.4 is 10.6 Å². The Kier molecular flexibility index (Phi) is 4.99. The molecular weight excluding hydrogens is 295 g/mol. The summed E-state index contributed by atoms with van der Waals surface area (Å²) < 4.78 is 0. The number of nitrogens with one attached hydrogen (secondary N) is 2. The molecule has 20 heavy (non-hydrogen) atoms. The van der Waals surface area contributed by atoms with Gasteiger partial charge in [0, 0.05) is 13.6 Å². The Labute approximate surface area is 130 Å². The van der Waals surface area contributed by atoms with Gasteiger partial charge in [-0.3, -0.25) is 0 Å². The van der Waals surface area contributed by atoms with E-state index in [9.17, 15) is 0 Å². The maximum absolute atomic E-state index is 6.20. The second kappa shape index (κ2) is 6.37. The third-order valence-corrected chi connectivity index (χ3v) is 4.62. The zero-order valence-electron chi connectivity index (χ0n) is 12.3. The van der Waals surface area contributed by atoms with Gasteiger partial charge in [0.2, 0.25) is 0 Å². The fraction of sp³-hybridized carbons (Fsp3) is 0.643. The van der Waals surface area contributed by atoms with Gasteiger partial charge in [0.15, 0.2) is 0 Å². The first kappa shape index (κ1) is 15.7. The van der Waals surface area contributed by atoms with E-state index >= 15 is 0 Å². The lowest BCUT2D eigenvalue weighted by atomic mass is 9.80. The molecule has 1 saturated heterocycles. The highest BCUT2D eigenvalue weighted by molar-refractivity contribution is 6.37. The maximum atomic E-state index is 6.20. The summed E-state index contributed by atoms with van der Waals surface area (Å²) in [4.78, 5) is 6.79. The Morgan fingerprint density at radius 2 is 1.85 bits per heavy atom. The number of piperidine rings is 1. The third kappa shape index (κ3) is 3.68. The van der Waals surface area contributed by atoms with Crippen LogP contribution in [-0.2, 0) is 0 Å². The predicted octanol–water partition coefficient (Wildman–Crippen LogP) is 3.57. The molecule has 0 unspecified atom stereocenters. The number of aromatic nitrogens is 1. The van der Waals surface area contributed by atoms with Crippen molar-refractivity contribution in [2.75, 3.05) is 44.4 Å². The summed E-state index contributed by atoms with van der Waals surface area (Å²) in [5.41, 5.74) is 0.289. The highest BCUT2D eigenvalue weighted by atomic mass is 35.5. The SMILES string of the molecule is CNc1nc(NCC2(C)CCN(C)CC2)c(Cl)cc1Cl. The molecule has 1 aromatic heterocycles. The average Bonchev–Trinajstić information content (AvgIpc) is 2.42. The first-order chi connectivity index (χ1) is 9.43. The Morgan fingerprint density at radius 1 is 1.25 bits per heavy atom. The van der Waals surface area contributed by atoms with Gasteiger partial charge in [0.05, 0.1) is 10.0 Å². The van der Waals surface area contributed by atoms with Crippen LogP contribution in [0.25, 0.3) is 0 Å². The zero-order chi connectivity index (χ0) is 14.8. The van der Waals surface area contributed by atoms with Gasteiger partial charge in [-0.15, -0.1) is 0 Å². The van der Waals surface area contributed by atoms with Gasteiger partial charge < -0.3 is 15.5 Å². The summed E-state index contributed by atoms with van der Waals surface area (Å²) >= 11 is 12.3. The van der Waals surface area contributed by atoms with Crippen LogP contribution >= 0.6 is 23.2 Å². The van der Waals surface area contributed by atoms with Crippen molar-refractivity contribution < 1.29 is 0 Å². The molecule has 2 heterocycles. The number of hydrogen-bond donors (Lipinski definition) is 2. The van der Waals surface area contributed by atoms with Crippen molar-refractivity contribution >= 4 is 34.8 Å². The van der Waals surface area contributed by atoms with E-state index in [2.05, 4.69) is 34.5 Å². The molecule has 4 nitrogen and oxygen atoms in total. The van der Waals surface area contributed by atoms with Gasteiger partial charge in [-0.2, -0.15) is 0 Å². The number of anilines is 2. The number of rotatable bonds is 4. The lowest BCUT2D eigenvalue weighted by Gasteiger charge is -2.38. The predicted molar refractivity (Wildman–Crippen MR) is 87.1 cm³/mol. The second-order valence-electron chi connectivity index (χ2n) is 5.87. The molecule has 0 radical (unpaired) electrons. The van der Waals surface area contributed by atoms with Gasteiger partial charge >= 0.3 is 0 Å². The standard InChI is InChI=1S/C14H22Cl2N4/c1-14(4-6-20(3)7-5-14)9-18-13-11(16)8-10(15)12(17-2)19-13/h8H,4-7,9H2,1-3H3,(H2,17,18,19). The molecule has 112 valence electrons. The van der Waals surface area contributed by atoms with Crippen LogP contribution in [0, 0.1) is 5.41 Å². The van der Waals surface area contributed by atoms with Crippen LogP contribution in [0.15, 0.2) is 6.07 Å². The summed E-state index contributed by atoms with van der Waals surface area (Å²) in [7, 11) is 3.97. The molecule has 0 aliphatic carbocycles. The molecule has 2 N–H and O–H groups in total. The maximum Gasteiger partial charge on any atom is 0.147 e. The molecule has 0 aromatic carbocycles. The third-order valence-electron chi connectivity index (χ3n) is 4.04. The molecule has 1 aliphatic rings. The monoisotopic (exact) mass is 316 g/mol. The number of halogens is 2. The van der Waals surface area contributed by atoms with Crippen LogP contribution in [0.4, 0.5) is 11.6 Å². The van der Waals surface area contributed by atoms with Crippen molar-refractivity contribution in [2.24, 2.45) is 5.41 Å². The van der Waals surface area contributed by atoms with E-state index < -0.39 is 0 Å². The van der Waals surface area contributed by atoms with E-state index in [-0.39, 0.29) is 5.41 Å². The van der Waals surface area contributed by atoms with Crippen LogP contribution in [0.1, 0.15) is 19.8 Å². The molecule has 0 amide bonds. The molecule has 0 saturated carbocycles. The molecule has 0 bridgehead atoms. The Balaban J connectivity index is 2.03. The topological polar surface area (TPSA) is 40.2 Å². The molecular formula is C14H22Cl2N4. The summed E-state index contributed by atoms with van der Waals surface area (Å²) in [6, 6.07) is 1.72. The first-order valence-corrected chi connectivity index (χ1v) is 7.65. The van der Waals surface area contributed by atoms with Crippen molar-refractivity contribution in [1.82, 2.24) is 9.88 Å². The molecule has 1 aromatic rings. The van der Waals surface area contributed by atoms with Gasteiger partial charge in [-0.05, 0) is 44.5 Å². The van der Waals surface area contributed by atoms with Crippen LogP contribution in [0.5, 0.6) is 0 Å². The number of pyridine rings is 1. The minimum atomic E-state index is 0.289. The second-order valence-corrected chi connectivity index (χ2v) is 6.68. The van der Waals surface area contributed by atoms with E-state index in [0.717, 1.165) is 19.6 Å². The highest BCUT2D eigenvalue weighted by Crippen LogP contribution is 2.33. The normalized spacial score (nSPS) is 18.9. The smallest absolute Gasteiger partial charge is 0.147 e. The van der Waals surface area contributed by atoms with E-state index in [1.165, 1.54) is 12.8 Å². The number of nitrogens with zero attached hydrogens (tertiary/aromatic N) is 2. The van der Waals surface area contributed by atoms with Crippen molar-refractivity contribution in [3.05, 3.63) is 16.1 Å². The minimum Gasteiger partial charge on any atom is -0.372 e. The summed E-state index contributed by atoms with van der Waals surface area (Å²) in [6.45, 7) is 5.47. The van der Waals surface area contributed by atoms with Gasteiger partial charge in [0.25, 0.3) is 0 Å². The van der Waals surface area contributed by atoms with Gasteiger partial charge in [-0.25, -0.2) is 4.98 Å². The van der Waals surface area contributed by atoms with E-state index in [0.29, 0.717) is 21.7 Å². The quantitative estimate of drug-likeness (QED) is 0.890. The summed E-state index contributed by atoms with van der Waals surface area (Å²) in [5.74, 6) is 1.34. The van der Waals surface area contributed by atoms with Crippen LogP contribution in [-0.4, -0.2) is 43.6 Å². The van der Waals surface area contributed by atoms with Crippen molar-refractivity contribution in [1.29, 1.82) is 0 Å². The minimum absolute atomic E-state index is 0.289. The fourth-order valence-corrected chi connectivity index (χ4v) is 2.92. The van der Waals surface area contributed by atoms with Gasteiger partial charge in [0.1, 0.15) is 11.6 Å². The number of hydrogen-bond acceptors (Lipinski definition) is 4.